The van der Waals surface area contributed by atoms with E-state index in [1.807, 2.05) is 0 Å². The molecule has 34 heavy (non-hydrogen) atoms. The van der Waals surface area contributed by atoms with Gasteiger partial charge in [0, 0.05) is 1.37 Å². The lowest BCUT2D eigenvalue weighted by Gasteiger charge is -2.37. The average molecular weight is 474 g/mol. The maximum Gasteiger partial charge on any atom is 0.126 e. The number of benzene rings is 1. The molecule has 0 radical (unpaired) electrons. The summed E-state index contributed by atoms with van der Waals surface area (Å²) in [6, 6.07) is 4.33. The van der Waals surface area contributed by atoms with Gasteiger partial charge in [-0.25, -0.2) is 0 Å². The predicted molar refractivity (Wildman–Crippen MR) is 148 cm³/mol. The molecule has 1 aliphatic rings. The van der Waals surface area contributed by atoms with Gasteiger partial charge in [-0.05, 0) is 87.0 Å². The molecule has 1 heterocycles. The third kappa shape index (κ3) is 10.6. The van der Waals surface area contributed by atoms with Crippen molar-refractivity contribution in [2.75, 3.05) is 6.61 Å². The van der Waals surface area contributed by atoms with Crippen LogP contribution in [0.1, 0.15) is 137 Å². The van der Waals surface area contributed by atoms with E-state index < -0.39 is 0 Å². The fraction of sp³-hybridized carbons (Fsp3) is 0.812. The molecule has 2 rings (SSSR count). The number of aryl methyl sites for hydroxylation is 2. The maximum absolute atomic E-state index is 7.24. The monoisotopic (exact) mass is 473 g/mol. The molecule has 0 bridgehead atoms. The number of fused-ring (bicyclic) bond motifs is 1. The van der Waals surface area contributed by atoms with Crippen molar-refractivity contribution in [1.82, 2.24) is 0 Å². The van der Waals surface area contributed by atoms with Crippen LogP contribution in [0.5, 0.6) is 11.5 Å². The first kappa shape index (κ1) is 27.4. The maximum atomic E-state index is 7.24. The van der Waals surface area contributed by atoms with Gasteiger partial charge in [0.15, 0.2) is 0 Å². The van der Waals surface area contributed by atoms with Gasteiger partial charge < -0.3 is 9.47 Å². The second-order valence-electron chi connectivity index (χ2n) is 12.0. The van der Waals surface area contributed by atoms with Crippen molar-refractivity contribution in [3.63, 3.8) is 0 Å². The first-order valence-electron chi connectivity index (χ1n) is 15.2. The molecular formula is C32H56O2. The van der Waals surface area contributed by atoms with Crippen molar-refractivity contribution in [2.24, 2.45) is 17.8 Å². The van der Waals surface area contributed by atoms with Crippen LogP contribution >= 0.6 is 0 Å². The van der Waals surface area contributed by atoms with E-state index in [-0.39, 0.29) is 5.60 Å². The van der Waals surface area contributed by atoms with Crippen LogP contribution in [0.2, 0.25) is 0 Å². The van der Waals surface area contributed by atoms with Crippen LogP contribution in [-0.2, 0) is 6.42 Å². The molecule has 0 unspecified atom stereocenters. The summed E-state index contributed by atoms with van der Waals surface area (Å²) in [5, 5.41) is 0. The SMILES string of the molecule is [2H]CCCCCOc1cc(C)c2c(c1)CC[C@@](C)(CCC[C@H](C)CCC[C@H](C)CCCC(C)C)O2. The van der Waals surface area contributed by atoms with Gasteiger partial charge in [0.25, 0.3) is 0 Å². The Kier molecular flexibility index (Phi) is 12.1. The first-order chi connectivity index (χ1) is 16.7. The minimum absolute atomic E-state index is 0.0406. The lowest BCUT2D eigenvalue weighted by Crippen LogP contribution is -2.36. The summed E-state index contributed by atoms with van der Waals surface area (Å²) in [7, 11) is 0. The lowest BCUT2D eigenvalue weighted by atomic mass is 9.85. The summed E-state index contributed by atoms with van der Waals surface area (Å²) in [5.41, 5.74) is 2.46. The van der Waals surface area contributed by atoms with E-state index in [4.69, 9.17) is 10.8 Å². The van der Waals surface area contributed by atoms with E-state index in [0.717, 1.165) is 74.4 Å². The molecule has 2 nitrogen and oxygen atoms in total. The molecule has 0 fully saturated rings. The first-order valence-corrected chi connectivity index (χ1v) is 14.5. The largest absolute Gasteiger partial charge is 0.494 e. The topological polar surface area (TPSA) is 18.5 Å². The minimum atomic E-state index is -0.0406. The molecule has 0 aromatic heterocycles. The molecule has 1 aliphatic heterocycles. The van der Waals surface area contributed by atoms with E-state index in [2.05, 4.69) is 53.7 Å². The Bertz CT molecular complexity index is 716. The molecule has 0 spiro atoms. The van der Waals surface area contributed by atoms with Crippen LogP contribution in [0.25, 0.3) is 0 Å². The van der Waals surface area contributed by atoms with Crippen molar-refractivity contribution in [2.45, 2.75) is 144 Å². The fourth-order valence-electron chi connectivity index (χ4n) is 5.37. The third-order valence-corrected chi connectivity index (χ3v) is 7.78. The van der Waals surface area contributed by atoms with Crippen LogP contribution in [0, 0.1) is 24.7 Å². The predicted octanol–water partition coefficient (Wildman–Crippen LogP) is 10.1. The van der Waals surface area contributed by atoms with E-state index >= 15 is 0 Å². The summed E-state index contributed by atoms with van der Waals surface area (Å²) in [6.45, 7) is 15.3. The van der Waals surface area contributed by atoms with Crippen LogP contribution in [0.3, 0.4) is 0 Å². The van der Waals surface area contributed by atoms with Crippen LogP contribution in [-0.4, -0.2) is 12.2 Å². The van der Waals surface area contributed by atoms with Gasteiger partial charge in [0.2, 0.25) is 0 Å². The summed E-state index contributed by atoms with van der Waals surface area (Å²) in [5.74, 6) is 4.63. The third-order valence-electron chi connectivity index (χ3n) is 7.78. The number of hydrogen-bond acceptors (Lipinski definition) is 2. The Morgan fingerprint density at radius 3 is 2.29 bits per heavy atom. The average Bonchev–Trinajstić information content (AvgIpc) is 2.79. The Balaban J connectivity index is 1.69. The molecular weight excluding hydrogens is 416 g/mol. The zero-order valence-electron chi connectivity index (χ0n) is 24.5. The summed E-state index contributed by atoms with van der Waals surface area (Å²) in [6.07, 6.45) is 17.3. The molecule has 1 aromatic rings. The Hall–Kier alpha value is -1.18. The highest BCUT2D eigenvalue weighted by molar-refractivity contribution is 5.48. The van der Waals surface area contributed by atoms with Crippen molar-refractivity contribution in [3.8, 4) is 11.5 Å². The Morgan fingerprint density at radius 2 is 1.62 bits per heavy atom. The van der Waals surface area contributed by atoms with E-state index in [1.54, 1.807) is 0 Å². The van der Waals surface area contributed by atoms with Gasteiger partial charge >= 0.3 is 0 Å². The smallest absolute Gasteiger partial charge is 0.126 e. The number of rotatable bonds is 17. The molecule has 196 valence electrons. The molecule has 0 saturated carbocycles. The van der Waals surface area contributed by atoms with Gasteiger partial charge in [-0.15, -0.1) is 0 Å². The van der Waals surface area contributed by atoms with E-state index in [9.17, 15) is 0 Å². The Labute approximate surface area is 214 Å². The van der Waals surface area contributed by atoms with Gasteiger partial charge in [0.1, 0.15) is 17.1 Å². The molecule has 0 saturated heterocycles. The number of unbranched alkanes of at least 4 members (excludes halogenated alkanes) is 2. The van der Waals surface area contributed by atoms with E-state index in [1.165, 1.54) is 62.5 Å². The summed E-state index contributed by atoms with van der Waals surface area (Å²) in [4.78, 5) is 0. The summed E-state index contributed by atoms with van der Waals surface area (Å²) < 4.78 is 19.9. The van der Waals surface area contributed by atoms with Crippen molar-refractivity contribution >= 4 is 0 Å². The number of hydrogen-bond donors (Lipinski definition) is 0. The summed E-state index contributed by atoms with van der Waals surface area (Å²) >= 11 is 0. The van der Waals surface area contributed by atoms with E-state index in [0.29, 0.717) is 6.90 Å². The molecule has 0 amide bonds. The van der Waals surface area contributed by atoms with Gasteiger partial charge in [-0.2, -0.15) is 0 Å². The molecule has 1 aromatic carbocycles. The van der Waals surface area contributed by atoms with Gasteiger partial charge in [0.05, 0.1) is 6.61 Å². The second kappa shape index (κ2) is 15.0. The fourth-order valence-corrected chi connectivity index (χ4v) is 5.37. The van der Waals surface area contributed by atoms with Crippen molar-refractivity contribution < 1.29 is 10.8 Å². The van der Waals surface area contributed by atoms with Crippen LogP contribution in [0.15, 0.2) is 12.1 Å². The zero-order chi connectivity index (χ0) is 25.7. The van der Waals surface area contributed by atoms with Crippen LogP contribution in [0.4, 0.5) is 0 Å². The van der Waals surface area contributed by atoms with Gasteiger partial charge in [-0.3, -0.25) is 0 Å². The van der Waals surface area contributed by atoms with Crippen LogP contribution < -0.4 is 9.47 Å². The Morgan fingerprint density at radius 1 is 0.941 bits per heavy atom. The van der Waals surface area contributed by atoms with Crippen molar-refractivity contribution in [3.05, 3.63) is 23.3 Å². The number of ether oxygens (including phenoxy) is 2. The minimum Gasteiger partial charge on any atom is -0.494 e. The molecule has 2 heteroatoms. The normalized spacial score (nSPS) is 19.9. The standard InChI is InChI=1S/C32H56O2/c1-8-9-10-22-33-30-23-28(6)31-29(24-30)19-21-32(7,34-31)20-13-18-27(5)17-12-16-26(4)15-11-14-25(2)3/h23-27H,8-22H2,1-7H3/t26-,27-,32-/m1/s1/i1D. The highest BCUT2D eigenvalue weighted by Gasteiger charge is 2.32. The molecule has 0 aliphatic carbocycles. The van der Waals surface area contributed by atoms with Gasteiger partial charge in [-0.1, -0.05) is 92.4 Å². The zero-order valence-corrected chi connectivity index (χ0v) is 23.5. The quantitative estimate of drug-likeness (QED) is 0.209. The highest BCUT2D eigenvalue weighted by Crippen LogP contribution is 2.40. The second-order valence-corrected chi connectivity index (χ2v) is 12.0. The molecule has 0 N–H and O–H groups in total. The highest BCUT2D eigenvalue weighted by atomic mass is 16.5. The lowest BCUT2D eigenvalue weighted by molar-refractivity contribution is 0.0514. The molecule has 3 atom stereocenters. The van der Waals surface area contributed by atoms with Crippen molar-refractivity contribution in [1.29, 1.82) is 0 Å².